The molecule has 0 bridgehead atoms. The van der Waals surface area contributed by atoms with Gasteiger partial charge in [-0.25, -0.2) is 0 Å². The zero-order valence-corrected chi connectivity index (χ0v) is 19.1. The van der Waals surface area contributed by atoms with E-state index in [-0.39, 0.29) is 24.0 Å². The lowest BCUT2D eigenvalue weighted by Gasteiger charge is -2.37. The van der Waals surface area contributed by atoms with Crippen molar-refractivity contribution in [3.63, 3.8) is 0 Å². The van der Waals surface area contributed by atoms with Crippen LogP contribution in [0.25, 0.3) is 0 Å². The molecule has 3 rings (SSSR count). The number of aliphatic imine (C=N–C) groups is 1. The maximum atomic E-state index is 11.3. The number of primary amides is 1. The smallest absolute Gasteiger partial charge is 0.248 e. The van der Waals surface area contributed by atoms with Crippen molar-refractivity contribution in [2.45, 2.75) is 6.54 Å². The van der Waals surface area contributed by atoms with Gasteiger partial charge in [0, 0.05) is 57.1 Å². The molecule has 2 aromatic carbocycles. The van der Waals surface area contributed by atoms with Gasteiger partial charge in [0.2, 0.25) is 5.91 Å². The first-order valence-electron chi connectivity index (χ1n) is 9.34. The molecular formula is C21H28IN5O2. The van der Waals surface area contributed by atoms with Gasteiger partial charge in [0.15, 0.2) is 5.96 Å². The molecule has 3 N–H and O–H groups in total. The van der Waals surface area contributed by atoms with Gasteiger partial charge in [0.05, 0.1) is 7.11 Å². The first-order valence-corrected chi connectivity index (χ1v) is 9.34. The molecular weight excluding hydrogens is 481 g/mol. The van der Waals surface area contributed by atoms with Crippen molar-refractivity contribution < 1.29 is 9.53 Å². The third-order valence-electron chi connectivity index (χ3n) is 4.87. The average molecular weight is 509 g/mol. The predicted molar refractivity (Wildman–Crippen MR) is 127 cm³/mol. The number of carbonyl (C=O) groups excluding carboxylic acids is 1. The summed E-state index contributed by atoms with van der Waals surface area (Å²) in [5.74, 6) is 1.31. The Balaban J connectivity index is 0.00000300. The Morgan fingerprint density at radius 3 is 2.52 bits per heavy atom. The van der Waals surface area contributed by atoms with Crippen LogP contribution in [0, 0.1) is 0 Å². The molecule has 1 fully saturated rings. The summed E-state index contributed by atoms with van der Waals surface area (Å²) in [6.07, 6.45) is 0. The van der Waals surface area contributed by atoms with E-state index in [1.807, 2.05) is 30.3 Å². The Kier molecular flexibility index (Phi) is 8.56. The van der Waals surface area contributed by atoms with Crippen molar-refractivity contribution in [1.29, 1.82) is 0 Å². The van der Waals surface area contributed by atoms with E-state index in [4.69, 9.17) is 10.5 Å². The average Bonchev–Trinajstić information content (AvgIpc) is 2.75. The molecule has 1 aliphatic rings. The van der Waals surface area contributed by atoms with Crippen molar-refractivity contribution >= 4 is 41.5 Å². The number of methoxy groups -OCH3 is 1. The topological polar surface area (TPSA) is 83.2 Å². The van der Waals surface area contributed by atoms with Gasteiger partial charge in [-0.3, -0.25) is 9.79 Å². The second-order valence-corrected chi connectivity index (χ2v) is 6.64. The zero-order chi connectivity index (χ0) is 19.9. The summed E-state index contributed by atoms with van der Waals surface area (Å²) in [6, 6.07) is 15.5. The number of nitrogens with zero attached hydrogens (tertiary/aromatic N) is 3. The Labute approximate surface area is 188 Å². The van der Waals surface area contributed by atoms with Crippen molar-refractivity contribution in [2.24, 2.45) is 10.7 Å². The minimum Gasteiger partial charge on any atom is -0.497 e. The standard InChI is InChI=1S/C21H27N5O2.HI/c1-23-21(24-15-16-5-3-6-17(13-16)20(22)27)26-11-9-25(10-12-26)18-7-4-8-19(14-18)28-2;/h3-8,13-14H,9-12,15H2,1-2H3,(H2,22,27)(H,23,24);1H. The highest BCUT2D eigenvalue weighted by Crippen LogP contribution is 2.22. The van der Waals surface area contributed by atoms with E-state index in [0.29, 0.717) is 12.1 Å². The summed E-state index contributed by atoms with van der Waals surface area (Å²) in [6.45, 7) is 4.15. The predicted octanol–water partition coefficient (Wildman–Crippen LogP) is 2.31. The van der Waals surface area contributed by atoms with Crippen LogP contribution in [0.5, 0.6) is 5.75 Å². The molecule has 1 saturated heterocycles. The molecule has 0 saturated carbocycles. The molecule has 1 amide bonds. The van der Waals surface area contributed by atoms with E-state index in [9.17, 15) is 4.79 Å². The van der Waals surface area contributed by atoms with Crippen LogP contribution in [0.4, 0.5) is 5.69 Å². The number of piperazine rings is 1. The van der Waals surface area contributed by atoms with Gasteiger partial charge >= 0.3 is 0 Å². The Hall–Kier alpha value is -2.49. The van der Waals surface area contributed by atoms with E-state index in [0.717, 1.165) is 43.5 Å². The van der Waals surface area contributed by atoms with E-state index in [2.05, 4.69) is 32.2 Å². The summed E-state index contributed by atoms with van der Waals surface area (Å²) in [5, 5.41) is 3.38. The van der Waals surface area contributed by atoms with Crippen LogP contribution in [-0.4, -0.2) is 57.1 Å². The number of nitrogens with two attached hydrogens (primary N) is 1. The number of ether oxygens (including phenoxy) is 1. The summed E-state index contributed by atoms with van der Waals surface area (Å²) >= 11 is 0. The van der Waals surface area contributed by atoms with Crippen molar-refractivity contribution in [2.75, 3.05) is 45.2 Å². The van der Waals surface area contributed by atoms with Crippen LogP contribution in [0.1, 0.15) is 15.9 Å². The Bertz CT molecular complexity index is 850. The number of anilines is 1. The molecule has 1 aliphatic heterocycles. The molecule has 0 aliphatic carbocycles. The number of nitrogens with one attached hydrogen (secondary N) is 1. The third-order valence-corrected chi connectivity index (χ3v) is 4.87. The van der Waals surface area contributed by atoms with Crippen LogP contribution >= 0.6 is 24.0 Å². The van der Waals surface area contributed by atoms with Gasteiger partial charge in [-0.15, -0.1) is 24.0 Å². The van der Waals surface area contributed by atoms with E-state index in [1.165, 1.54) is 5.69 Å². The first-order chi connectivity index (χ1) is 13.6. The van der Waals surface area contributed by atoms with Gasteiger partial charge in [0.25, 0.3) is 0 Å². The van der Waals surface area contributed by atoms with E-state index >= 15 is 0 Å². The van der Waals surface area contributed by atoms with Crippen molar-refractivity contribution in [1.82, 2.24) is 10.2 Å². The van der Waals surface area contributed by atoms with Crippen LogP contribution in [0.2, 0.25) is 0 Å². The van der Waals surface area contributed by atoms with E-state index in [1.54, 1.807) is 20.2 Å². The molecule has 7 nitrogen and oxygen atoms in total. The fraction of sp³-hybridized carbons (Fsp3) is 0.333. The highest BCUT2D eigenvalue weighted by Gasteiger charge is 2.20. The van der Waals surface area contributed by atoms with Gasteiger partial charge in [0.1, 0.15) is 5.75 Å². The lowest BCUT2D eigenvalue weighted by molar-refractivity contribution is 0.1000. The minimum absolute atomic E-state index is 0. The minimum atomic E-state index is -0.417. The summed E-state index contributed by atoms with van der Waals surface area (Å²) in [4.78, 5) is 20.3. The van der Waals surface area contributed by atoms with Crippen LogP contribution in [0.15, 0.2) is 53.5 Å². The van der Waals surface area contributed by atoms with Gasteiger partial charge < -0.3 is 25.6 Å². The molecule has 0 spiro atoms. The van der Waals surface area contributed by atoms with Gasteiger partial charge in [-0.05, 0) is 29.8 Å². The van der Waals surface area contributed by atoms with Gasteiger partial charge in [-0.2, -0.15) is 0 Å². The second kappa shape index (κ2) is 10.9. The van der Waals surface area contributed by atoms with Crippen molar-refractivity contribution in [3.05, 3.63) is 59.7 Å². The third kappa shape index (κ3) is 5.99. The fourth-order valence-electron chi connectivity index (χ4n) is 3.33. The largest absolute Gasteiger partial charge is 0.497 e. The maximum absolute atomic E-state index is 11.3. The normalized spacial score (nSPS) is 14.2. The molecule has 8 heteroatoms. The summed E-state index contributed by atoms with van der Waals surface area (Å²) in [7, 11) is 3.47. The Morgan fingerprint density at radius 2 is 1.86 bits per heavy atom. The van der Waals surface area contributed by atoms with Crippen LogP contribution in [-0.2, 0) is 6.54 Å². The van der Waals surface area contributed by atoms with E-state index < -0.39 is 5.91 Å². The molecule has 0 radical (unpaired) electrons. The number of hydrogen-bond donors (Lipinski definition) is 2. The number of amides is 1. The molecule has 0 aromatic heterocycles. The highest BCUT2D eigenvalue weighted by atomic mass is 127. The second-order valence-electron chi connectivity index (χ2n) is 6.64. The molecule has 0 unspecified atom stereocenters. The number of rotatable bonds is 5. The summed E-state index contributed by atoms with van der Waals surface area (Å²) in [5.41, 5.74) is 8.04. The SMILES string of the molecule is CN=C(NCc1cccc(C(N)=O)c1)N1CCN(c2cccc(OC)c2)CC1.I. The molecule has 0 atom stereocenters. The lowest BCUT2D eigenvalue weighted by atomic mass is 10.1. The number of halogens is 1. The van der Waals surface area contributed by atoms with Crippen LogP contribution < -0.4 is 20.7 Å². The number of hydrogen-bond acceptors (Lipinski definition) is 4. The fourth-order valence-corrected chi connectivity index (χ4v) is 3.33. The zero-order valence-electron chi connectivity index (χ0n) is 16.8. The highest BCUT2D eigenvalue weighted by molar-refractivity contribution is 14.0. The maximum Gasteiger partial charge on any atom is 0.248 e. The number of carbonyl (C=O) groups is 1. The van der Waals surface area contributed by atoms with Gasteiger partial charge in [-0.1, -0.05) is 18.2 Å². The molecule has 1 heterocycles. The lowest BCUT2D eigenvalue weighted by Crippen LogP contribution is -2.52. The van der Waals surface area contributed by atoms with Crippen molar-refractivity contribution in [3.8, 4) is 5.75 Å². The molecule has 156 valence electrons. The monoisotopic (exact) mass is 509 g/mol. The van der Waals surface area contributed by atoms with Crippen LogP contribution in [0.3, 0.4) is 0 Å². The Morgan fingerprint density at radius 1 is 1.14 bits per heavy atom. The number of benzene rings is 2. The number of guanidine groups is 1. The molecule has 2 aromatic rings. The quantitative estimate of drug-likeness (QED) is 0.368. The first kappa shape index (κ1) is 22.8. The molecule has 29 heavy (non-hydrogen) atoms. The summed E-state index contributed by atoms with van der Waals surface area (Å²) < 4.78 is 5.32.